The quantitative estimate of drug-likeness (QED) is 0.757. The molecule has 24 heavy (non-hydrogen) atoms. The molecule has 9 heteroatoms. The van der Waals surface area contributed by atoms with Gasteiger partial charge in [0.15, 0.2) is 0 Å². The topological polar surface area (TPSA) is 75.9 Å². The van der Waals surface area contributed by atoms with Crippen molar-refractivity contribution >= 4 is 17.5 Å². The Balaban J connectivity index is 1.94. The fourth-order valence-electron chi connectivity index (χ4n) is 2.92. The van der Waals surface area contributed by atoms with Crippen molar-refractivity contribution in [2.24, 2.45) is 5.73 Å². The minimum absolute atomic E-state index is 0.0155. The van der Waals surface area contributed by atoms with Crippen LogP contribution in [0.4, 0.5) is 18.9 Å². The second-order valence-corrected chi connectivity index (χ2v) is 5.88. The highest BCUT2D eigenvalue weighted by atomic mass is 19.4. The first-order valence-corrected chi connectivity index (χ1v) is 7.36. The second-order valence-electron chi connectivity index (χ2n) is 5.88. The van der Waals surface area contributed by atoms with Crippen LogP contribution in [0.15, 0.2) is 12.1 Å². The molecule has 0 saturated carbocycles. The van der Waals surface area contributed by atoms with E-state index in [1.165, 1.54) is 11.9 Å². The molecule has 0 aliphatic carbocycles. The van der Waals surface area contributed by atoms with Crippen LogP contribution >= 0.6 is 0 Å². The molecule has 2 amide bonds. The average Bonchev–Trinajstić information content (AvgIpc) is 2.64. The summed E-state index contributed by atoms with van der Waals surface area (Å²) in [6.07, 6.45) is -4.61. The number of nitrogens with two attached hydrogens (primary N) is 1. The normalized spacial score (nSPS) is 20.9. The molecule has 0 saturated heterocycles. The highest BCUT2D eigenvalue weighted by Gasteiger charge is 2.43. The molecule has 2 aliphatic rings. The van der Waals surface area contributed by atoms with Crippen molar-refractivity contribution in [2.75, 3.05) is 25.1 Å². The summed E-state index contributed by atoms with van der Waals surface area (Å²) in [5.41, 5.74) is 7.52. The fraction of sp³-hybridized carbons (Fsp3) is 0.467. The lowest BCUT2D eigenvalue weighted by atomic mass is 9.98. The molecule has 2 heterocycles. The van der Waals surface area contributed by atoms with Gasteiger partial charge in [0.1, 0.15) is 18.4 Å². The van der Waals surface area contributed by atoms with E-state index < -0.39 is 18.1 Å². The van der Waals surface area contributed by atoms with Gasteiger partial charge in [0.05, 0.1) is 5.69 Å². The standard InChI is InChI=1S/C15H16F3N3O3/c1-20-11-4-9-6-21(14(23)15(16,17)18)3-2-8(9)5-12(11)24-7-10(19)13(20)22/h4-5,10H,2-3,6-7,19H2,1H3/t10-/m0/s1. The number of carbonyl (C=O) groups is 2. The zero-order valence-electron chi connectivity index (χ0n) is 12.9. The highest BCUT2D eigenvalue weighted by Crippen LogP contribution is 2.36. The molecule has 0 fully saturated rings. The lowest BCUT2D eigenvalue weighted by Gasteiger charge is -2.30. The van der Waals surface area contributed by atoms with E-state index in [0.29, 0.717) is 17.0 Å². The van der Waals surface area contributed by atoms with Crippen molar-refractivity contribution in [2.45, 2.75) is 25.2 Å². The first-order chi connectivity index (χ1) is 11.2. The number of rotatable bonds is 0. The van der Waals surface area contributed by atoms with Gasteiger partial charge in [0.25, 0.3) is 0 Å². The van der Waals surface area contributed by atoms with Crippen molar-refractivity contribution in [3.05, 3.63) is 23.3 Å². The maximum atomic E-state index is 12.6. The Hall–Kier alpha value is -2.29. The Kier molecular flexibility index (Phi) is 3.90. The number of anilines is 1. The highest BCUT2D eigenvalue weighted by molar-refractivity contribution is 5.98. The number of halogens is 3. The Labute approximate surface area is 135 Å². The largest absolute Gasteiger partial charge is 0.489 e. The van der Waals surface area contributed by atoms with Crippen molar-refractivity contribution in [1.82, 2.24) is 4.90 Å². The lowest BCUT2D eigenvalue weighted by molar-refractivity contribution is -0.186. The summed E-state index contributed by atoms with van der Waals surface area (Å²) >= 11 is 0. The van der Waals surface area contributed by atoms with Gasteiger partial charge in [-0.3, -0.25) is 9.59 Å². The molecular formula is C15H16F3N3O3. The van der Waals surface area contributed by atoms with E-state index in [4.69, 9.17) is 10.5 Å². The van der Waals surface area contributed by atoms with Crippen LogP contribution in [0.3, 0.4) is 0 Å². The van der Waals surface area contributed by atoms with Crippen molar-refractivity contribution < 1.29 is 27.5 Å². The van der Waals surface area contributed by atoms with Crippen molar-refractivity contribution in [1.29, 1.82) is 0 Å². The number of fused-ring (bicyclic) bond motifs is 2. The number of hydrogen-bond acceptors (Lipinski definition) is 4. The summed E-state index contributed by atoms with van der Waals surface area (Å²) in [6, 6.07) is 2.50. The number of ether oxygens (including phenoxy) is 1. The number of alkyl halides is 3. The molecule has 0 radical (unpaired) electrons. The second kappa shape index (κ2) is 5.66. The Morgan fingerprint density at radius 1 is 1.33 bits per heavy atom. The summed E-state index contributed by atoms with van der Waals surface area (Å²) < 4.78 is 43.4. The van der Waals surface area contributed by atoms with E-state index >= 15 is 0 Å². The monoisotopic (exact) mass is 343 g/mol. The van der Waals surface area contributed by atoms with E-state index in [2.05, 4.69) is 0 Å². The molecule has 2 aliphatic heterocycles. The molecule has 2 N–H and O–H groups in total. The van der Waals surface area contributed by atoms with Crippen molar-refractivity contribution in [3.8, 4) is 5.75 Å². The van der Waals surface area contributed by atoms with Crippen LogP contribution in [0.1, 0.15) is 11.1 Å². The minimum Gasteiger partial charge on any atom is -0.489 e. The van der Waals surface area contributed by atoms with Crippen LogP contribution in [-0.4, -0.2) is 49.1 Å². The predicted octanol–water partition coefficient (Wildman–Crippen LogP) is 0.816. The molecule has 0 spiro atoms. The molecule has 1 aromatic carbocycles. The van der Waals surface area contributed by atoms with Gasteiger partial charge in [-0.25, -0.2) is 0 Å². The fourth-order valence-corrected chi connectivity index (χ4v) is 2.92. The first-order valence-electron chi connectivity index (χ1n) is 7.36. The summed E-state index contributed by atoms with van der Waals surface area (Å²) in [6.45, 7) is -0.138. The first kappa shape index (κ1) is 16.6. The number of hydrogen-bond donors (Lipinski definition) is 1. The molecule has 1 atom stereocenters. The van der Waals surface area contributed by atoms with Gasteiger partial charge in [-0.1, -0.05) is 0 Å². The SMILES string of the molecule is CN1C(=O)[C@@H](N)COc2cc3c(cc21)CN(C(=O)C(F)(F)F)CC3. The van der Waals surface area contributed by atoms with E-state index in [1.54, 1.807) is 12.1 Å². The van der Waals surface area contributed by atoms with Crippen LogP contribution < -0.4 is 15.4 Å². The molecule has 0 aromatic heterocycles. The molecule has 3 rings (SSSR count). The van der Waals surface area contributed by atoms with Gasteiger partial charge in [-0.2, -0.15) is 13.2 Å². The number of amides is 2. The Morgan fingerprint density at radius 2 is 2.04 bits per heavy atom. The van der Waals surface area contributed by atoms with Crippen LogP contribution in [0.25, 0.3) is 0 Å². The van der Waals surface area contributed by atoms with Gasteiger partial charge >= 0.3 is 12.1 Å². The van der Waals surface area contributed by atoms with Gasteiger partial charge in [0.2, 0.25) is 5.91 Å². The third kappa shape index (κ3) is 2.79. The molecule has 0 bridgehead atoms. The smallest absolute Gasteiger partial charge is 0.471 e. The summed E-state index contributed by atoms with van der Waals surface area (Å²) in [7, 11) is 1.53. The molecule has 6 nitrogen and oxygen atoms in total. The van der Waals surface area contributed by atoms with Crippen LogP contribution in [0, 0.1) is 0 Å². The van der Waals surface area contributed by atoms with Crippen LogP contribution in [-0.2, 0) is 22.6 Å². The number of likely N-dealkylation sites (N-methyl/N-ethyl adjacent to an activating group) is 1. The lowest BCUT2D eigenvalue weighted by Crippen LogP contribution is -2.44. The average molecular weight is 343 g/mol. The molecule has 130 valence electrons. The van der Waals surface area contributed by atoms with Gasteiger partial charge in [-0.05, 0) is 29.7 Å². The maximum Gasteiger partial charge on any atom is 0.471 e. The zero-order chi connectivity index (χ0) is 17.6. The van der Waals surface area contributed by atoms with Gasteiger partial charge < -0.3 is 20.3 Å². The van der Waals surface area contributed by atoms with Gasteiger partial charge in [0, 0.05) is 20.1 Å². The van der Waals surface area contributed by atoms with E-state index in [9.17, 15) is 22.8 Å². The minimum atomic E-state index is -4.90. The molecule has 0 unspecified atom stereocenters. The van der Waals surface area contributed by atoms with E-state index in [1.807, 2.05) is 0 Å². The van der Waals surface area contributed by atoms with Crippen molar-refractivity contribution in [3.63, 3.8) is 0 Å². The number of carbonyl (C=O) groups excluding carboxylic acids is 2. The number of benzene rings is 1. The van der Waals surface area contributed by atoms with Crippen LogP contribution in [0.2, 0.25) is 0 Å². The summed E-state index contributed by atoms with van der Waals surface area (Å²) in [5, 5.41) is 0. The summed E-state index contributed by atoms with van der Waals surface area (Å²) in [5.74, 6) is -1.73. The predicted molar refractivity (Wildman–Crippen MR) is 78.5 cm³/mol. The van der Waals surface area contributed by atoms with Gasteiger partial charge in [-0.15, -0.1) is 0 Å². The third-order valence-electron chi connectivity index (χ3n) is 4.25. The van der Waals surface area contributed by atoms with Crippen LogP contribution in [0.5, 0.6) is 5.75 Å². The Morgan fingerprint density at radius 3 is 2.71 bits per heavy atom. The molecular weight excluding hydrogens is 327 g/mol. The van der Waals surface area contributed by atoms with E-state index in [-0.39, 0.29) is 32.0 Å². The number of nitrogens with zero attached hydrogens (tertiary/aromatic N) is 2. The third-order valence-corrected chi connectivity index (χ3v) is 4.25. The summed E-state index contributed by atoms with van der Waals surface area (Å²) in [4.78, 5) is 25.6. The molecule has 1 aromatic rings. The van der Waals surface area contributed by atoms with E-state index in [0.717, 1.165) is 10.5 Å². The maximum absolute atomic E-state index is 12.6. The Bertz CT molecular complexity index is 705. The zero-order valence-corrected chi connectivity index (χ0v) is 12.9.